The minimum Gasteiger partial charge on any atom is -0.497 e. The van der Waals surface area contributed by atoms with Gasteiger partial charge in [0.05, 0.1) is 14.2 Å². The molecule has 2 aromatic rings. The molecule has 6 nitrogen and oxygen atoms in total. The van der Waals surface area contributed by atoms with Crippen molar-refractivity contribution in [2.45, 2.75) is 26.3 Å². The van der Waals surface area contributed by atoms with Crippen molar-refractivity contribution in [1.82, 2.24) is 5.32 Å². The van der Waals surface area contributed by atoms with Crippen molar-refractivity contribution in [2.75, 3.05) is 19.5 Å². The van der Waals surface area contributed by atoms with Crippen molar-refractivity contribution >= 4 is 23.6 Å². The zero-order valence-corrected chi connectivity index (χ0v) is 16.8. The van der Waals surface area contributed by atoms with Gasteiger partial charge >= 0.3 is 0 Å². The summed E-state index contributed by atoms with van der Waals surface area (Å²) in [5, 5.41) is 5.66. The van der Waals surface area contributed by atoms with E-state index in [-0.39, 0.29) is 17.4 Å². The molecule has 0 heterocycles. The Labute approximate surface area is 165 Å². The Hall–Kier alpha value is -3.28. The molecule has 0 aliphatic carbocycles. The van der Waals surface area contributed by atoms with Crippen molar-refractivity contribution in [3.05, 3.63) is 59.7 Å². The first kappa shape index (κ1) is 21.0. The van der Waals surface area contributed by atoms with E-state index >= 15 is 0 Å². The van der Waals surface area contributed by atoms with Crippen molar-refractivity contribution < 1.29 is 19.1 Å². The maximum absolute atomic E-state index is 12.2. The van der Waals surface area contributed by atoms with Gasteiger partial charge in [-0.25, -0.2) is 0 Å². The average Bonchev–Trinajstić information content (AvgIpc) is 2.65. The molecule has 2 amide bonds. The van der Waals surface area contributed by atoms with Gasteiger partial charge in [0.25, 0.3) is 5.91 Å². The van der Waals surface area contributed by atoms with Crippen LogP contribution in [0.3, 0.4) is 0 Å². The van der Waals surface area contributed by atoms with Crippen LogP contribution in [0.25, 0.3) is 6.08 Å². The standard InChI is InChI=1S/C22H26N2O4/c1-22(2,3)24-21(26)15-6-9-17(10-7-15)23-20(25)13-8-16-14-18(27-4)11-12-19(16)28-5/h6-14H,1-5H3,(H,23,25)(H,24,26)/b13-8+. The SMILES string of the molecule is COc1ccc(OC)c(/C=C/C(=O)Nc2ccc(C(=O)NC(C)(C)C)cc2)c1. The van der Waals surface area contributed by atoms with E-state index in [0.717, 1.165) is 5.56 Å². The van der Waals surface area contributed by atoms with Gasteiger partial charge in [0, 0.05) is 28.4 Å². The van der Waals surface area contributed by atoms with E-state index in [2.05, 4.69) is 10.6 Å². The predicted molar refractivity (Wildman–Crippen MR) is 111 cm³/mol. The van der Waals surface area contributed by atoms with Crippen LogP contribution >= 0.6 is 0 Å². The molecule has 0 saturated carbocycles. The number of amides is 2. The molecule has 0 unspecified atom stereocenters. The largest absolute Gasteiger partial charge is 0.497 e. The summed E-state index contributed by atoms with van der Waals surface area (Å²) in [6.45, 7) is 5.76. The third-order valence-corrected chi connectivity index (χ3v) is 3.75. The topological polar surface area (TPSA) is 76.7 Å². The third kappa shape index (κ3) is 6.16. The number of hydrogen-bond donors (Lipinski definition) is 2. The Morgan fingerprint density at radius 1 is 0.964 bits per heavy atom. The van der Waals surface area contributed by atoms with Gasteiger partial charge in [-0.3, -0.25) is 9.59 Å². The molecule has 0 aromatic heterocycles. The lowest BCUT2D eigenvalue weighted by Gasteiger charge is -2.20. The molecule has 2 aromatic carbocycles. The fourth-order valence-electron chi connectivity index (χ4n) is 2.44. The van der Waals surface area contributed by atoms with E-state index in [9.17, 15) is 9.59 Å². The first-order chi connectivity index (χ1) is 13.2. The summed E-state index contributed by atoms with van der Waals surface area (Å²) >= 11 is 0. The first-order valence-corrected chi connectivity index (χ1v) is 8.85. The lowest BCUT2D eigenvalue weighted by Crippen LogP contribution is -2.40. The van der Waals surface area contributed by atoms with Crippen molar-refractivity contribution in [3.8, 4) is 11.5 Å². The highest BCUT2D eigenvalue weighted by atomic mass is 16.5. The van der Waals surface area contributed by atoms with Crippen LogP contribution in [0.1, 0.15) is 36.7 Å². The molecule has 0 aliphatic heterocycles. The molecule has 2 rings (SSSR count). The zero-order chi connectivity index (χ0) is 20.7. The number of benzene rings is 2. The highest BCUT2D eigenvalue weighted by Gasteiger charge is 2.15. The summed E-state index contributed by atoms with van der Waals surface area (Å²) in [6.07, 6.45) is 3.07. The summed E-state index contributed by atoms with van der Waals surface area (Å²) < 4.78 is 10.5. The number of ether oxygens (including phenoxy) is 2. The molecular formula is C22H26N2O4. The molecule has 0 bridgehead atoms. The third-order valence-electron chi connectivity index (χ3n) is 3.75. The number of hydrogen-bond acceptors (Lipinski definition) is 4. The molecule has 0 saturated heterocycles. The monoisotopic (exact) mass is 382 g/mol. The van der Waals surface area contributed by atoms with Gasteiger partial charge in [-0.2, -0.15) is 0 Å². The van der Waals surface area contributed by atoms with E-state index < -0.39 is 0 Å². The molecule has 148 valence electrons. The van der Waals surface area contributed by atoms with E-state index in [1.54, 1.807) is 62.8 Å². The van der Waals surface area contributed by atoms with E-state index in [1.807, 2.05) is 20.8 Å². The quantitative estimate of drug-likeness (QED) is 0.743. The Morgan fingerprint density at radius 2 is 1.64 bits per heavy atom. The van der Waals surface area contributed by atoms with Crippen LogP contribution in [0.5, 0.6) is 11.5 Å². The molecule has 0 radical (unpaired) electrons. The van der Waals surface area contributed by atoms with Crippen LogP contribution < -0.4 is 20.1 Å². The number of carbonyl (C=O) groups excluding carboxylic acids is 2. The van der Waals surface area contributed by atoms with Crippen LogP contribution in [0, 0.1) is 0 Å². The molecule has 0 fully saturated rings. The summed E-state index contributed by atoms with van der Waals surface area (Å²) in [5.74, 6) is 0.858. The van der Waals surface area contributed by atoms with Gasteiger partial charge in [-0.15, -0.1) is 0 Å². The minimum absolute atomic E-state index is 0.157. The van der Waals surface area contributed by atoms with Crippen LogP contribution in [-0.2, 0) is 4.79 Å². The minimum atomic E-state index is -0.310. The molecule has 6 heteroatoms. The van der Waals surface area contributed by atoms with Gasteiger partial charge in [0.1, 0.15) is 11.5 Å². The number of anilines is 1. The Balaban J connectivity index is 2.03. The number of nitrogens with one attached hydrogen (secondary N) is 2. The Bertz CT molecular complexity index is 865. The van der Waals surface area contributed by atoms with Crippen LogP contribution in [-0.4, -0.2) is 31.6 Å². The summed E-state index contributed by atoms with van der Waals surface area (Å²) in [4.78, 5) is 24.3. The zero-order valence-electron chi connectivity index (χ0n) is 16.8. The molecular weight excluding hydrogens is 356 g/mol. The maximum atomic E-state index is 12.2. The van der Waals surface area contributed by atoms with Gasteiger partial charge in [-0.05, 0) is 69.3 Å². The Morgan fingerprint density at radius 3 is 2.21 bits per heavy atom. The van der Waals surface area contributed by atoms with Gasteiger partial charge < -0.3 is 20.1 Å². The first-order valence-electron chi connectivity index (χ1n) is 8.85. The van der Waals surface area contributed by atoms with E-state index in [1.165, 1.54) is 6.08 Å². The summed E-state index contributed by atoms with van der Waals surface area (Å²) in [6, 6.07) is 12.1. The smallest absolute Gasteiger partial charge is 0.251 e. The second kappa shape index (κ2) is 9.08. The lowest BCUT2D eigenvalue weighted by molar-refractivity contribution is -0.111. The predicted octanol–water partition coefficient (Wildman–Crippen LogP) is 3.88. The number of carbonyl (C=O) groups is 2. The van der Waals surface area contributed by atoms with Crippen molar-refractivity contribution in [1.29, 1.82) is 0 Å². The van der Waals surface area contributed by atoms with E-state index in [4.69, 9.17) is 9.47 Å². The van der Waals surface area contributed by atoms with Crippen LogP contribution in [0.2, 0.25) is 0 Å². The summed E-state index contributed by atoms with van der Waals surface area (Å²) in [5.41, 5.74) is 1.55. The molecule has 0 aliphatic rings. The molecule has 28 heavy (non-hydrogen) atoms. The van der Waals surface area contributed by atoms with Gasteiger partial charge in [0.15, 0.2) is 0 Å². The summed E-state index contributed by atoms with van der Waals surface area (Å²) in [7, 11) is 3.14. The average molecular weight is 382 g/mol. The van der Waals surface area contributed by atoms with E-state index in [0.29, 0.717) is 22.7 Å². The van der Waals surface area contributed by atoms with Crippen LogP contribution in [0.4, 0.5) is 5.69 Å². The second-order valence-electron chi connectivity index (χ2n) is 7.21. The number of rotatable bonds is 6. The lowest BCUT2D eigenvalue weighted by atomic mass is 10.1. The highest BCUT2D eigenvalue weighted by Crippen LogP contribution is 2.25. The van der Waals surface area contributed by atoms with Crippen molar-refractivity contribution in [2.24, 2.45) is 0 Å². The van der Waals surface area contributed by atoms with Gasteiger partial charge in [-0.1, -0.05) is 0 Å². The fourth-order valence-corrected chi connectivity index (χ4v) is 2.44. The maximum Gasteiger partial charge on any atom is 0.251 e. The normalized spacial score (nSPS) is 11.2. The van der Waals surface area contributed by atoms with Crippen LogP contribution in [0.15, 0.2) is 48.5 Å². The second-order valence-corrected chi connectivity index (χ2v) is 7.21. The molecule has 0 atom stereocenters. The molecule has 2 N–H and O–H groups in total. The van der Waals surface area contributed by atoms with Gasteiger partial charge in [0.2, 0.25) is 5.91 Å². The molecule has 0 spiro atoms. The Kier molecular flexibility index (Phi) is 6.82. The number of methoxy groups -OCH3 is 2. The fraction of sp³-hybridized carbons (Fsp3) is 0.273. The highest BCUT2D eigenvalue weighted by molar-refractivity contribution is 6.02. The van der Waals surface area contributed by atoms with Crippen molar-refractivity contribution in [3.63, 3.8) is 0 Å².